The molecule has 6 nitrogen and oxygen atoms in total. The van der Waals surface area contributed by atoms with Crippen molar-refractivity contribution in [1.29, 1.82) is 0 Å². The van der Waals surface area contributed by atoms with Crippen molar-refractivity contribution in [3.8, 4) is 5.75 Å². The Hall–Kier alpha value is -3.16. The number of nitrogens with one attached hydrogen (secondary N) is 1. The average molecular weight is 437 g/mol. The predicted octanol–water partition coefficient (Wildman–Crippen LogP) is 3.76. The topological polar surface area (TPSA) is 75.7 Å². The van der Waals surface area contributed by atoms with Crippen LogP contribution < -0.4 is 10.1 Å². The van der Waals surface area contributed by atoms with Crippen LogP contribution in [0.1, 0.15) is 16.7 Å². The van der Waals surface area contributed by atoms with Crippen molar-refractivity contribution in [1.82, 2.24) is 4.31 Å². The summed E-state index contributed by atoms with van der Waals surface area (Å²) in [5, 5.41) is 2.85. The first kappa shape index (κ1) is 21.1. The van der Waals surface area contributed by atoms with E-state index in [1.165, 1.54) is 4.31 Å². The molecule has 0 fully saturated rings. The van der Waals surface area contributed by atoms with E-state index in [-0.39, 0.29) is 17.3 Å². The second-order valence-corrected chi connectivity index (χ2v) is 9.46. The lowest BCUT2D eigenvalue weighted by molar-refractivity contribution is -0.120. The Morgan fingerprint density at radius 2 is 1.71 bits per heavy atom. The summed E-state index contributed by atoms with van der Waals surface area (Å²) in [6.45, 7) is 2.04. The molecule has 3 aromatic rings. The number of methoxy groups -OCH3 is 1. The molecule has 1 aliphatic rings. The van der Waals surface area contributed by atoms with Gasteiger partial charge in [-0.25, -0.2) is 8.42 Å². The molecule has 0 spiro atoms. The summed E-state index contributed by atoms with van der Waals surface area (Å²) in [6.07, 6.45) is 0.303. The number of anilines is 1. The molecule has 0 saturated carbocycles. The monoisotopic (exact) mass is 436 g/mol. The van der Waals surface area contributed by atoms with Crippen molar-refractivity contribution in [3.05, 3.63) is 89.5 Å². The van der Waals surface area contributed by atoms with E-state index in [0.717, 1.165) is 16.7 Å². The molecule has 4 rings (SSSR count). The van der Waals surface area contributed by atoms with Crippen LogP contribution in [-0.2, 0) is 27.8 Å². The minimum absolute atomic E-state index is 0.141. The SMILES string of the molecule is COc1cccc(NC(=O)C2Cc3ccccc3CN2S(=O)(=O)c2ccc(C)cc2)c1. The standard InChI is InChI=1S/C24H24N2O4S/c1-17-10-12-22(13-11-17)31(28,29)26-16-19-7-4-3-6-18(19)14-23(26)24(27)25-20-8-5-9-21(15-20)30-2/h3-13,15,23H,14,16H2,1-2H3,(H,25,27). The number of benzene rings is 3. The van der Waals surface area contributed by atoms with Crippen LogP contribution in [-0.4, -0.2) is 31.8 Å². The van der Waals surface area contributed by atoms with E-state index in [2.05, 4.69) is 5.32 Å². The largest absolute Gasteiger partial charge is 0.497 e. The normalized spacial score (nSPS) is 16.4. The lowest BCUT2D eigenvalue weighted by atomic mass is 9.95. The van der Waals surface area contributed by atoms with E-state index in [9.17, 15) is 13.2 Å². The third-order valence-electron chi connectivity index (χ3n) is 5.47. The number of carbonyl (C=O) groups is 1. The minimum Gasteiger partial charge on any atom is -0.497 e. The smallest absolute Gasteiger partial charge is 0.244 e. The maximum atomic E-state index is 13.5. The lowest BCUT2D eigenvalue weighted by Crippen LogP contribution is -2.50. The highest BCUT2D eigenvalue weighted by Gasteiger charge is 2.39. The Kier molecular flexibility index (Phi) is 5.80. The highest BCUT2D eigenvalue weighted by Crippen LogP contribution is 2.30. The fourth-order valence-corrected chi connectivity index (χ4v) is 5.31. The number of rotatable bonds is 5. The van der Waals surface area contributed by atoms with E-state index in [1.807, 2.05) is 31.2 Å². The Morgan fingerprint density at radius 3 is 2.42 bits per heavy atom. The van der Waals surface area contributed by atoms with Gasteiger partial charge in [-0.15, -0.1) is 0 Å². The van der Waals surface area contributed by atoms with Crippen molar-refractivity contribution < 1.29 is 17.9 Å². The molecular formula is C24H24N2O4S. The summed E-state index contributed by atoms with van der Waals surface area (Å²) in [6, 6.07) is 20.4. The van der Waals surface area contributed by atoms with Gasteiger partial charge < -0.3 is 10.1 Å². The first-order chi connectivity index (χ1) is 14.9. The van der Waals surface area contributed by atoms with Crippen LogP contribution >= 0.6 is 0 Å². The van der Waals surface area contributed by atoms with Gasteiger partial charge >= 0.3 is 0 Å². The molecule has 1 atom stereocenters. The van der Waals surface area contributed by atoms with Crippen LogP contribution in [0.2, 0.25) is 0 Å². The Morgan fingerprint density at radius 1 is 1.00 bits per heavy atom. The average Bonchev–Trinajstić information content (AvgIpc) is 2.78. The van der Waals surface area contributed by atoms with Crippen LogP contribution in [0.5, 0.6) is 5.75 Å². The van der Waals surface area contributed by atoms with Gasteiger partial charge in [-0.2, -0.15) is 4.31 Å². The van der Waals surface area contributed by atoms with Crippen molar-refractivity contribution >= 4 is 21.6 Å². The van der Waals surface area contributed by atoms with E-state index in [1.54, 1.807) is 55.6 Å². The fourth-order valence-electron chi connectivity index (χ4n) is 3.75. The zero-order valence-corrected chi connectivity index (χ0v) is 18.2. The first-order valence-corrected chi connectivity index (χ1v) is 11.4. The summed E-state index contributed by atoms with van der Waals surface area (Å²) in [4.78, 5) is 13.4. The zero-order valence-electron chi connectivity index (χ0n) is 17.4. The molecule has 1 aliphatic heterocycles. The third kappa shape index (κ3) is 4.33. The molecule has 7 heteroatoms. The van der Waals surface area contributed by atoms with Crippen LogP contribution in [0.4, 0.5) is 5.69 Å². The highest BCUT2D eigenvalue weighted by molar-refractivity contribution is 7.89. The number of nitrogens with zero attached hydrogens (tertiary/aromatic N) is 1. The van der Waals surface area contributed by atoms with E-state index in [0.29, 0.717) is 17.9 Å². The summed E-state index contributed by atoms with van der Waals surface area (Å²) >= 11 is 0. The second kappa shape index (κ2) is 8.53. The van der Waals surface area contributed by atoms with Crippen LogP contribution in [0.25, 0.3) is 0 Å². The maximum Gasteiger partial charge on any atom is 0.244 e. The molecule has 0 aromatic heterocycles. The molecular weight excluding hydrogens is 412 g/mol. The van der Waals surface area contributed by atoms with E-state index < -0.39 is 16.1 Å². The first-order valence-electron chi connectivity index (χ1n) is 9.99. The highest BCUT2D eigenvalue weighted by atomic mass is 32.2. The Labute approximate surface area is 182 Å². The molecule has 0 saturated heterocycles. The van der Waals surface area contributed by atoms with Gasteiger partial charge in [-0.3, -0.25) is 4.79 Å². The molecule has 1 N–H and O–H groups in total. The van der Waals surface area contributed by atoms with Crippen LogP contribution in [0, 0.1) is 6.92 Å². The number of carbonyl (C=O) groups excluding carboxylic acids is 1. The minimum atomic E-state index is -3.87. The molecule has 1 heterocycles. The number of fused-ring (bicyclic) bond motifs is 1. The van der Waals surface area contributed by atoms with Crippen molar-refractivity contribution in [2.75, 3.05) is 12.4 Å². The molecule has 31 heavy (non-hydrogen) atoms. The lowest BCUT2D eigenvalue weighted by Gasteiger charge is -2.35. The number of hydrogen-bond acceptors (Lipinski definition) is 4. The number of sulfonamides is 1. The summed E-state index contributed by atoms with van der Waals surface area (Å²) in [5.41, 5.74) is 3.40. The molecule has 0 bridgehead atoms. The van der Waals surface area contributed by atoms with Crippen LogP contribution in [0.15, 0.2) is 77.7 Å². The fraction of sp³-hybridized carbons (Fsp3) is 0.208. The van der Waals surface area contributed by atoms with E-state index in [4.69, 9.17) is 4.74 Å². The second-order valence-electron chi connectivity index (χ2n) is 7.57. The molecule has 0 aliphatic carbocycles. The summed E-state index contributed by atoms with van der Waals surface area (Å²) < 4.78 is 33.5. The summed E-state index contributed by atoms with van der Waals surface area (Å²) in [5.74, 6) is 0.231. The van der Waals surface area contributed by atoms with Gasteiger partial charge in [0.05, 0.1) is 12.0 Å². The van der Waals surface area contributed by atoms with Crippen LogP contribution in [0.3, 0.4) is 0 Å². The number of hydrogen-bond donors (Lipinski definition) is 1. The zero-order chi connectivity index (χ0) is 22.0. The van der Waals surface area contributed by atoms with Gasteiger partial charge in [0.15, 0.2) is 0 Å². The van der Waals surface area contributed by atoms with Gasteiger partial charge in [0, 0.05) is 18.3 Å². The molecule has 1 amide bonds. The van der Waals surface area contributed by atoms with Crippen molar-refractivity contribution in [3.63, 3.8) is 0 Å². The number of ether oxygens (including phenoxy) is 1. The maximum absolute atomic E-state index is 13.5. The van der Waals surface area contributed by atoms with Gasteiger partial charge in [0.2, 0.25) is 15.9 Å². The summed E-state index contributed by atoms with van der Waals surface area (Å²) in [7, 11) is -2.32. The van der Waals surface area contributed by atoms with Gasteiger partial charge in [-0.05, 0) is 48.7 Å². The van der Waals surface area contributed by atoms with E-state index >= 15 is 0 Å². The van der Waals surface area contributed by atoms with Crippen molar-refractivity contribution in [2.24, 2.45) is 0 Å². The van der Waals surface area contributed by atoms with Crippen molar-refractivity contribution in [2.45, 2.75) is 30.8 Å². The quantitative estimate of drug-likeness (QED) is 0.661. The molecule has 0 radical (unpaired) electrons. The number of amides is 1. The Bertz CT molecular complexity index is 1210. The molecule has 1 unspecified atom stereocenters. The van der Waals surface area contributed by atoms with Gasteiger partial charge in [0.1, 0.15) is 11.8 Å². The third-order valence-corrected chi connectivity index (χ3v) is 7.34. The molecule has 160 valence electrons. The van der Waals surface area contributed by atoms with Gasteiger partial charge in [0.25, 0.3) is 0 Å². The predicted molar refractivity (Wildman–Crippen MR) is 119 cm³/mol. The Balaban J connectivity index is 1.70. The number of aryl methyl sites for hydroxylation is 1. The molecule has 3 aromatic carbocycles. The van der Waals surface area contributed by atoms with Gasteiger partial charge in [-0.1, -0.05) is 48.0 Å².